The number of hydrogen-bond donors (Lipinski definition) is 0. The van der Waals surface area contributed by atoms with Crippen LogP contribution in [0.2, 0.25) is 0 Å². The number of rotatable bonds is 6. The zero-order valence-corrected chi connectivity index (χ0v) is 30.6. The van der Waals surface area contributed by atoms with E-state index in [1.165, 1.54) is 54.9 Å². The van der Waals surface area contributed by atoms with E-state index in [0.717, 1.165) is 49.8 Å². The zero-order chi connectivity index (χ0) is 37.0. The van der Waals surface area contributed by atoms with Crippen molar-refractivity contribution >= 4 is 71.3 Å². The van der Waals surface area contributed by atoms with E-state index in [-0.39, 0.29) is 0 Å². The molecule has 0 radical (unpaired) electrons. The molecule has 262 valence electrons. The number of fused-ring (bicyclic) bond motifs is 7. The smallest absolute Gasteiger partial charge is 0.143 e. The van der Waals surface area contributed by atoms with Crippen LogP contribution in [-0.2, 0) is 0 Å². The lowest BCUT2D eigenvalue weighted by Gasteiger charge is -2.26. The van der Waals surface area contributed by atoms with Crippen molar-refractivity contribution in [2.75, 3.05) is 4.90 Å². The molecule has 0 bridgehead atoms. The van der Waals surface area contributed by atoms with Crippen LogP contribution in [0, 0.1) is 0 Å². The van der Waals surface area contributed by atoms with Gasteiger partial charge in [-0.15, -0.1) is 0 Å². The number of benzene rings is 10. The molecule has 0 saturated heterocycles. The highest BCUT2D eigenvalue weighted by molar-refractivity contribution is 6.15. The van der Waals surface area contributed by atoms with Gasteiger partial charge in [0.2, 0.25) is 0 Å². The molecule has 2 heteroatoms. The quantitative estimate of drug-likeness (QED) is 0.171. The average Bonchev–Trinajstić information content (AvgIpc) is 3.66. The number of hydrogen-bond acceptors (Lipinski definition) is 2. The molecular weight excluding hydrogens is 679 g/mol. The van der Waals surface area contributed by atoms with E-state index >= 15 is 0 Å². The minimum absolute atomic E-state index is 0.911. The second-order valence-corrected chi connectivity index (χ2v) is 14.5. The van der Waals surface area contributed by atoms with E-state index < -0.39 is 0 Å². The van der Waals surface area contributed by atoms with Crippen molar-refractivity contribution in [2.24, 2.45) is 0 Å². The first-order chi connectivity index (χ1) is 27.8. The summed E-state index contributed by atoms with van der Waals surface area (Å²) in [6, 6.07) is 76.5. The minimum atomic E-state index is 0.911. The molecule has 0 aliphatic heterocycles. The van der Waals surface area contributed by atoms with Crippen molar-refractivity contribution in [2.45, 2.75) is 0 Å². The molecule has 1 heterocycles. The fourth-order valence-electron chi connectivity index (χ4n) is 8.57. The van der Waals surface area contributed by atoms with Gasteiger partial charge in [0.15, 0.2) is 0 Å². The van der Waals surface area contributed by atoms with Crippen molar-refractivity contribution in [3.8, 4) is 33.4 Å². The molecule has 0 saturated carbocycles. The third-order valence-electron chi connectivity index (χ3n) is 11.3. The maximum absolute atomic E-state index is 6.43. The van der Waals surface area contributed by atoms with Gasteiger partial charge in [-0.05, 0) is 115 Å². The summed E-state index contributed by atoms with van der Waals surface area (Å²) >= 11 is 0. The first-order valence-corrected chi connectivity index (χ1v) is 19.2. The van der Waals surface area contributed by atoms with Crippen LogP contribution in [0.3, 0.4) is 0 Å². The Kier molecular flexibility index (Phi) is 7.53. The molecule has 0 spiro atoms. The first-order valence-electron chi connectivity index (χ1n) is 19.2. The second-order valence-electron chi connectivity index (χ2n) is 14.5. The summed E-state index contributed by atoms with van der Waals surface area (Å²) in [4.78, 5) is 2.36. The van der Waals surface area contributed by atoms with Crippen molar-refractivity contribution in [3.63, 3.8) is 0 Å². The number of furan rings is 1. The predicted octanol–water partition coefficient (Wildman–Crippen LogP) is 15.5. The summed E-state index contributed by atoms with van der Waals surface area (Å²) in [5, 5.41) is 9.51. The Morgan fingerprint density at radius 1 is 0.304 bits per heavy atom. The van der Waals surface area contributed by atoms with Crippen LogP contribution >= 0.6 is 0 Å². The van der Waals surface area contributed by atoms with E-state index in [1.54, 1.807) is 0 Å². The van der Waals surface area contributed by atoms with Crippen LogP contribution in [0.15, 0.2) is 217 Å². The summed E-state index contributed by atoms with van der Waals surface area (Å²) in [6.07, 6.45) is 0. The van der Waals surface area contributed by atoms with Gasteiger partial charge in [0.05, 0.1) is 0 Å². The summed E-state index contributed by atoms with van der Waals surface area (Å²) in [6.45, 7) is 0. The molecule has 0 fully saturated rings. The fraction of sp³-hybridized carbons (Fsp3) is 0. The Labute approximate surface area is 325 Å². The van der Waals surface area contributed by atoms with Gasteiger partial charge < -0.3 is 9.32 Å². The van der Waals surface area contributed by atoms with Gasteiger partial charge >= 0.3 is 0 Å². The van der Waals surface area contributed by atoms with Crippen LogP contribution < -0.4 is 4.90 Å². The number of nitrogens with zero attached hydrogens (tertiary/aromatic N) is 1. The SMILES string of the molecule is c1ccc(-c2c(-c3ccc(N(c4ccc(-c5cccc6ccccc56)cc4)c4ccc5c(ccc6c7ccccc7oc56)c4)cc3)ccc3ccccc23)cc1. The molecule has 0 atom stereocenters. The molecule has 1 aromatic heterocycles. The Morgan fingerprint density at radius 3 is 1.64 bits per heavy atom. The highest BCUT2D eigenvalue weighted by Gasteiger charge is 2.18. The Hall–Kier alpha value is -7.42. The molecular formula is C54H35NO. The third kappa shape index (κ3) is 5.34. The highest BCUT2D eigenvalue weighted by atomic mass is 16.3. The molecule has 0 aliphatic rings. The van der Waals surface area contributed by atoms with Gasteiger partial charge in [-0.3, -0.25) is 0 Å². The Balaban J connectivity index is 1.05. The van der Waals surface area contributed by atoms with E-state index in [1.807, 2.05) is 12.1 Å². The van der Waals surface area contributed by atoms with Crippen molar-refractivity contribution in [1.29, 1.82) is 0 Å². The van der Waals surface area contributed by atoms with Crippen molar-refractivity contribution in [3.05, 3.63) is 212 Å². The van der Waals surface area contributed by atoms with Crippen LogP contribution in [0.5, 0.6) is 0 Å². The van der Waals surface area contributed by atoms with Gasteiger partial charge in [-0.1, -0.05) is 158 Å². The molecule has 11 rings (SSSR count). The maximum Gasteiger partial charge on any atom is 0.143 e. The molecule has 0 aliphatic carbocycles. The van der Waals surface area contributed by atoms with Crippen molar-refractivity contribution < 1.29 is 4.42 Å². The monoisotopic (exact) mass is 713 g/mol. The van der Waals surface area contributed by atoms with E-state index in [4.69, 9.17) is 4.42 Å². The number of para-hydroxylation sites is 1. The largest absolute Gasteiger partial charge is 0.455 e. The Bertz CT molecular complexity index is 3230. The van der Waals surface area contributed by atoms with Gasteiger partial charge in [0.1, 0.15) is 11.2 Å². The summed E-state index contributed by atoms with van der Waals surface area (Å²) in [5.74, 6) is 0. The summed E-state index contributed by atoms with van der Waals surface area (Å²) < 4.78 is 6.43. The van der Waals surface area contributed by atoms with Crippen molar-refractivity contribution in [1.82, 2.24) is 0 Å². The van der Waals surface area contributed by atoms with Crippen LogP contribution in [0.4, 0.5) is 17.1 Å². The topological polar surface area (TPSA) is 16.4 Å². The summed E-state index contributed by atoms with van der Waals surface area (Å²) in [7, 11) is 0. The summed E-state index contributed by atoms with van der Waals surface area (Å²) in [5.41, 5.74) is 12.4. The molecule has 0 amide bonds. The third-order valence-corrected chi connectivity index (χ3v) is 11.3. The molecule has 10 aromatic carbocycles. The average molecular weight is 714 g/mol. The standard InChI is InChI=1S/C54H35NO/c1-2-13-40(14-3-1)53-47-17-7-5-12-37(47)25-32-48(53)39-23-29-43(30-24-39)55(42-27-21-38(22-28-42)46-19-10-15-36-11-4-6-16-45(36)46)44-31-34-49-41(35-44)26-33-51-50-18-8-9-20-52(50)56-54(49)51/h1-35H. The first kappa shape index (κ1) is 32.0. The van der Waals surface area contributed by atoms with Crippen LogP contribution in [0.25, 0.3) is 87.6 Å². The zero-order valence-electron chi connectivity index (χ0n) is 30.6. The molecule has 0 unspecified atom stereocenters. The highest BCUT2D eigenvalue weighted by Crippen LogP contribution is 2.43. The lowest BCUT2D eigenvalue weighted by Crippen LogP contribution is -2.09. The maximum atomic E-state index is 6.43. The normalized spacial score (nSPS) is 11.6. The fourth-order valence-corrected chi connectivity index (χ4v) is 8.57. The van der Waals surface area contributed by atoms with E-state index in [0.29, 0.717) is 0 Å². The molecule has 11 aromatic rings. The molecule has 2 nitrogen and oxygen atoms in total. The van der Waals surface area contributed by atoms with Gasteiger partial charge in [-0.2, -0.15) is 0 Å². The van der Waals surface area contributed by atoms with Crippen LogP contribution in [0.1, 0.15) is 0 Å². The van der Waals surface area contributed by atoms with Gasteiger partial charge in [0.25, 0.3) is 0 Å². The van der Waals surface area contributed by atoms with E-state index in [9.17, 15) is 0 Å². The second kappa shape index (κ2) is 13.2. The lowest BCUT2D eigenvalue weighted by atomic mass is 9.90. The predicted molar refractivity (Wildman–Crippen MR) is 237 cm³/mol. The van der Waals surface area contributed by atoms with Crippen LogP contribution in [-0.4, -0.2) is 0 Å². The van der Waals surface area contributed by atoms with Gasteiger partial charge in [-0.25, -0.2) is 0 Å². The van der Waals surface area contributed by atoms with E-state index in [2.05, 4.69) is 205 Å². The lowest BCUT2D eigenvalue weighted by molar-refractivity contribution is 0.672. The van der Waals surface area contributed by atoms with Gasteiger partial charge in [0, 0.05) is 33.2 Å². The molecule has 0 N–H and O–H groups in total. The Morgan fingerprint density at radius 2 is 0.875 bits per heavy atom. The molecule has 56 heavy (non-hydrogen) atoms. The number of anilines is 3. The minimum Gasteiger partial charge on any atom is -0.455 e.